The third kappa shape index (κ3) is 3.31. The molecule has 1 fully saturated rings. The lowest BCUT2D eigenvalue weighted by Gasteiger charge is -2.11. The third-order valence-electron chi connectivity index (χ3n) is 3.30. The van der Waals surface area contributed by atoms with Crippen molar-refractivity contribution in [1.29, 1.82) is 0 Å². The predicted molar refractivity (Wildman–Crippen MR) is 81.8 cm³/mol. The maximum Gasteiger partial charge on any atom is 0.259 e. The summed E-state index contributed by atoms with van der Waals surface area (Å²) in [5, 5.41) is 6.15. The highest BCUT2D eigenvalue weighted by atomic mass is 16.5. The van der Waals surface area contributed by atoms with Gasteiger partial charge in [-0.3, -0.25) is 4.79 Å². The minimum atomic E-state index is -0.181. The Labute approximate surface area is 123 Å². The molecule has 0 unspecified atom stereocenters. The minimum absolute atomic E-state index is 0.181. The van der Waals surface area contributed by atoms with Crippen LogP contribution in [0.25, 0.3) is 0 Å². The van der Waals surface area contributed by atoms with Crippen molar-refractivity contribution in [3.05, 3.63) is 48.2 Å². The Bertz CT molecular complexity index is 653. The van der Waals surface area contributed by atoms with Crippen LogP contribution in [-0.4, -0.2) is 24.0 Å². The number of carbonyl (C=O) groups excluding carboxylic acids is 1. The number of hydrogen-bond acceptors (Lipinski definition) is 4. The van der Waals surface area contributed by atoms with Crippen LogP contribution in [-0.2, 0) is 0 Å². The summed E-state index contributed by atoms with van der Waals surface area (Å²) in [5.41, 5.74) is 1.24. The quantitative estimate of drug-likeness (QED) is 0.885. The van der Waals surface area contributed by atoms with Crippen molar-refractivity contribution in [3.8, 4) is 5.75 Å². The molecule has 0 saturated heterocycles. The van der Waals surface area contributed by atoms with Crippen LogP contribution < -0.4 is 15.4 Å². The Balaban J connectivity index is 1.78. The number of pyridine rings is 1. The van der Waals surface area contributed by atoms with Crippen LogP contribution in [0.15, 0.2) is 42.6 Å². The zero-order valence-corrected chi connectivity index (χ0v) is 11.8. The molecule has 0 atom stereocenters. The summed E-state index contributed by atoms with van der Waals surface area (Å²) < 4.78 is 5.15. The first-order valence-corrected chi connectivity index (χ1v) is 6.93. The van der Waals surface area contributed by atoms with Crippen molar-refractivity contribution in [2.24, 2.45) is 0 Å². The number of nitrogens with zero attached hydrogens (tertiary/aromatic N) is 1. The number of ether oxygens (including phenoxy) is 1. The first-order chi connectivity index (χ1) is 10.3. The molecule has 5 nitrogen and oxygen atoms in total. The summed E-state index contributed by atoms with van der Waals surface area (Å²) >= 11 is 0. The van der Waals surface area contributed by atoms with Gasteiger partial charge in [0.25, 0.3) is 5.91 Å². The summed E-state index contributed by atoms with van der Waals surface area (Å²) in [6.45, 7) is 0. The second-order valence-corrected chi connectivity index (χ2v) is 5.00. The van der Waals surface area contributed by atoms with E-state index in [1.165, 1.54) is 0 Å². The van der Waals surface area contributed by atoms with Gasteiger partial charge in [0.1, 0.15) is 11.6 Å². The number of rotatable bonds is 5. The van der Waals surface area contributed by atoms with Gasteiger partial charge in [-0.05, 0) is 37.1 Å². The number of hydrogen-bond donors (Lipinski definition) is 2. The fraction of sp³-hybridized carbons (Fsp3) is 0.250. The van der Waals surface area contributed by atoms with Crippen LogP contribution in [0.1, 0.15) is 23.2 Å². The molecule has 0 aliphatic heterocycles. The fourth-order valence-corrected chi connectivity index (χ4v) is 2.02. The molecule has 5 heteroatoms. The van der Waals surface area contributed by atoms with E-state index < -0.39 is 0 Å². The number of amides is 1. The largest absolute Gasteiger partial charge is 0.497 e. The third-order valence-corrected chi connectivity index (χ3v) is 3.30. The van der Waals surface area contributed by atoms with Crippen LogP contribution in [0.5, 0.6) is 5.75 Å². The number of anilines is 2. The second-order valence-electron chi connectivity index (χ2n) is 5.00. The van der Waals surface area contributed by atoms with Crippen molar-refractivity contribution >= 4 is 17.4 Å². The molecule has 2 aromatic rings. The Morgan fingerprint density at radius 3 is 2.90 bits per heavy atom. The molecule has 1 aromatic carbocycles. The van der Waals surface area contributed by atoms with E-state index in [0.29, 0.717) is 28.9 Å². The molecule has 0 radical (unpaired) electrons. The lowest BCUT2D eigenvalue weighted by Crippen LogP contribution is -2.16. The summed E-state index contributed by atoms with van der Waals surface area (Å²) in [7, 11) is 1.60. The molecule has 2 N–H and O–H groups in total. The van der Waals surface area contributed by atoms with Crippen molar-refractivity contribution in [1.82, 2.24) is 4.98 Å². The summed E-state index contributed by atoms with van der Waals surface area (Å²) in [6, 6.07) is 11.3. The van der Waals surface area contributed by atoms with E-state index in [1.54, 1.807) is 31.5 Å². The van der Waals surface area contributed by atoms with E-state index >= 15 is 0 Å². The number of methoxy groups -OCH3 is 1. The van der Waals surface area contributed by atoms with Gasteiger partial charge in [-0.1, -0.05) is 6.07 Å². The zero-order chi connectivity index (χ0) is 14.7. The van der Waals surface area contributed by atoms with Gasteiger partial charge in [0, 0.05) is 24.0 Å². The van der Waals surface area contributed by atoms with Gasteiger partial charge < -0.3 is 15.4 Å². The summed E-state index contributed by atoms with van der Waals surface area (Å²) in [6.07, 6.45) is 3.95. The van der Waals surface area contributed by atoms with Crippen LogP contribution in [0.2, 0.25) is 0 Å². The number of carbonyl (C=O) groups is 1. The Hall–Kier alpha value is -2.56. The highest BCUT2D eigenvalue weighted by Gasteiger charge is 2.23. The van der Waals surface area contributed by atoms with Gasteiger partial charge in [0.2, 0.25) is 0 Å². The maximum absolute atomic E-state index is 12.4. The van der Waals surface area contributed by atoms with Gasteiger partial charge in [0.05, 0.1) is 12.7 Å². The highest BCUT2D eigenvalue weighted by Crippen LogP contribution is 2.26. The van der Waals surface area contributed by atoms with E-state index in [0.717, 1.165) is 12.8 Å². The van der Waals surface area contributed by atoms with E-state index in [4.69, 9.17) is 4.74 Å². The first-order valence-electron chi connectivity index (χ1n) is 6.93. The number of nitrogens with one attached hydrogen (secondary N) is 2. The molecule has 1 amide bonds. The van der Waals surface area contributed by atoms with Crippen molar-refractivity contribution in [2.75, 3.05) is 17.7 Å². The molecule has 1 aliphatic carbocycles. The maximum atomic E-state index is 12.4. The average molecular weight is 283 g/mol. The molecule has 0 spiro atoms. The molecule has 0 bridgehead atoms. The van der Waals surface area contributed by atoms with Gasteiger partial charge in [-0.15, -0.1) is 0 Å². The van der Waals surface area contributed by atoms with Crippen molar-refractivity contribution in [3.63, 3.8) is 0 Å². The lowest BCUT2D eigenvalue weighted by atomic mass is 10.2. The molecule has 1 aliphatic rings. The van der Waals surface area contributed by atoms with Crippen molar-refractivity contribution in [2.45, 2.75) is 18.9 Å². The Morgan fingerprint density at radius 2 is 2.14 bits per heavy atom. The van der Waals surface area contributed by atoms with E-state index in [1.807, 2.05) is 18.2 Å². The van der Waals surface area contributed by atoms with E-state index in [-0.39, 0.29) is 5.91 Å². The van der Waals surface area contributed by atoms with Crippen LogP contribution in [0.4, 0.5) is 11.5 Å². The average Bonchev–Trinajstić information content (AvgIpc) is 3.32. The van der Waals surface area contributed by atoms with E-state index in [2.05, 4.69) is 15.6 Å². The van der Waals surface area contributed by atoms with Gasteiger partial charge in [-0.2, -0.15) is 0 Å². The SMILES string of the molecule is COc1cccc(NC(=O)c2cccnc2NC2CC2)c1. The highest BCUT2D eigenvalue weighted by molar-refractivity contribution is 6.07. The van der Waals surface area contributed by atoms with Crippen molar-refractivity contribution < 1.29 is 9.53 Å². The van der Waals surface area contributed by atoms with E-state index in [9.17, 15) is 4.79 Å². The molecule has 1 aromatic heterocycles. The normalized spacial score (nSPS) is 13.6. The monoisotopic (exact) mass is 283 g/mol. The standard InChI is InChI=1S/C16H17N3O2/c1-21-13-5-2-4-12(10-13)19-16(20)14-6-3-9-17-15(14)18-11-7-8-11/h2-6,9-11H,7-8H2,1H3,(H,17,18)(H,19,20). The molecule has 21 heavy (non-hydrogen) atoms. The van der Waals surface area contributed by atoms with Crippen LogP contribution in [0, 0.1) is 0 Å². The molecule has 3 rings (SSSR count). The zero-order valence-electron chi connectivity index (χ0n) is 11.8. The summed E-state index contributed by atoms with van der Waals surface area (Å²) in [4.78, 5) is 16.7. The van der Waals surface area contributed by atoms with Gasteiger partial charge in [0.15, 0.2) is 0 Å². The topological polar surface area (TPSA) is 63.2 Å². The number of benzene rings is 1. The molecule has 108 valence electrons. The molecule has 1 heterocycles. The number of aromatic nitrogens is 1. The van der Waals surface area contributed by atoms with Gasteiger partial charge in [-0.25, -0.2) is 4.98 Å². The Kier molecular flexibility index (Phi) is 3.73. The molecule has 1 saturated carbocycles. The van der Waals surface area contributed by atoms with Crippen LogP contribution >= 0.6 is 0 Å². The summed E-state index contributed by atoms with van der Waals surface area (Å²) in [5.74, 6) is 1.16. The smallest absolute Gasteiger partial charge is 0.259 e. The predicted octanol–water partition coefficient (Wildman–Crippen LogP) is 2.92. The lowest BCUT2D eigenvalue weighted by molar-refractivity contribution is 0.102. The first kappa shape index (κ1) is 13.4. The molecular weight excluding hydrogens is 266 g/mol. The minimum Gasteiger partial charge on any atom is -0.497 e. The molecular formula is C16H17N3O2. The second kappa shape index (κ2) is 5.83. The Morgan fingerprint density at radius 1 is 1.29 bits per heavy atom. The van der Waals surface area contributed by atoms with Crippen LogP contribution in [0.3, 0.4) is 0 Å². The van der Waals surface area contributed by atoms with Gasteiger partial charge >= 0.3 is 0 Å². The fourth-order valence-electron chi connectivity index (χ4n) is 2.02.